The van der Waals surface area contributed by atoms with Gasteiger partial charge >= 0.3 is 0 Å². The number of carbonyl (C=O) groups excluding carboxylic acids is 2. The Labute approximate surface area is 131 Å². The van der Waals surface area contributed by atoms with Crippen molar-refractivity contribution in [3.63, 3.8) is 0 Å². The molecule has 0 aliphatic carbocycles. The Bertz CT molecular complexity index is 688. The summed E-state index contributed by atoms with van der Waals surface area (Å²) in [4.78, 5) is 23.0. The minimum Gasteiger partial charge on any atom is -0.550 e. The number of carboxylic acid groups (broad SMARTS) is 1. The first-order valence-electron chi connectivity index (χ1n) is 6.48. The fraction of sp³-hybridized carbons (Fsp3) is 0.125. The van der Waals surface area contributed by atoms with E-state index in [0.717, 1.165) is 6.07 Å². The van der Waals surface area contributed by atoms with Crippen LogP contribution in [0.15, 0.2) is 48.5 Å². The van der Waals surface area contributed by atoms with Gasteiger partial charge in [-0.3, -0.25) is 4.79 Å². The molecule has 0 spiro atoms. The molecule has 1 atom stereocenters. The molecule has 6 heteroatoms. The summed E-state index contributed by atoms with van der Waals surface area (Å²) < 4.78 is 13.6. The minimum atomic E-state index is -1.33. The SMILES string of the molecule is O=C([O-])C[C@H](NC(=O)c1ccccc1F)c1ccc(Cl)cc1. The molecular formula is C16H12ClFNO3-. The van der Waals surface area contributed by atoms with Crippen molar-refractivity contribution in [3.8, 4) is 0 Å². The van der Waals surface area contributed by atoms with E-state index in [-0.39, 0.29) is 5.56 Å². The highest BCUT2D eigenvalue weighted by Gasteiger charge is 2.18. The molecule has 2 aromatic rings. The molecule has 0 saturated heterocycles. The monoisotopic (exact) mass is 320 g/mol. The molecule has 114 valence electrons. The highest BCUT2D eigenvalue weighted by Crippen LogP contribution is 2.20. The van der Waals surface area contributed by atoms with Gasteiger partial charge in [-0.1, -0.05) is 35.9 Å². The Morgan fingerprint density at radius 2 is 1.77 bits per heavy atom. The topological polar surface area (TPSA) is 69.2 Å². The first kappa shape index (κ1) is 16.0. The zero-order valence-electron chi connectivity index (χ0n) is 11.4. The van der Waals surface area contributed by atoms with Gasteiger partial charge < -0.3 is 15.2 Å². The number of rotatable bonds is 5. The Morgan fingerprint density at radius 1 is 1.14 bits per heavy atom. The third-order valence-corrected chi connectivity index (χ3v) is 3.32. The molecule has 0 aliphatic heterocycles. The van der Waals surface area contributed by atoms with Gasteiger partial charge in [0.1, 0.15) is 5.82 Å². The third-order valence-electron chi connectivity index (χ3n) is 3.07. The molecule has 0 bridgehead atoms. The Balaban J connectivity index is 2.23. The number of halogens is 2. The van der Waals surface area contributed by atoms with Crippen molar-refractivity contribution in [1.29, 1.82) is 0 Å². The quantitative estimate of drug-likeness (QED) is 0.917. The maximum atomic E-state index is 13.6. The molecule has 1 N–H and O–H groups in total. The van der Waals surface area contributed by atoms with Crippen molar-refractivity contribution in [2.24, 2.45) is 0 Å². The second kappa shape index (κ2) is 7.04. The molecule has 2 aromatic carbocycles. The first-order chi connectivity index (χ1) is 10.5. The first-order valence-corrected chi connectivity index (χ1v) is 6.86. The third kappa shape index (κ3) is 4.05. The van der Waals surface area contributed by atoms with E-state index in [1.165, 1.54) is 18.2 Å². The summed E-state index contributed by atoms with van der Waals surface area (Å²) in [5.74, 6) is -2.70. The molecule has 0 saturated carbocycles. The highest BCUT2D eigenvalue weighted by molar-refractivity contribution is 6.30. The lowest BCUT2D eigenvalue weighted by Gasteiger charge is -2.20. The minimum absolute atomic E-state index is 0.153. The molecule has 0 radical (unpaired) electrons. The van der Waals surface area contributed by atoms with Crippen LogP contribution < -0.4 is 10.4 Å². The van der Waals surface area contributed by atoms with Crippen molar-refractivity contribution >= 4 is 23.5 Å². The van der Waals surface area contributed by atoms with Crippen LogP contribution in [0.3, 0.4) is 0 Å². The fourth-order valence-corrected chi connectivity index (χ4v) is 2.12. The van der Waals surface area contributed by atoms with Crippen molar-refractivity contribution in [3.05, 3.63) is 70.5 Å². The maximum absolute atomic E-state index is 13.6. The average molecular weight is 321 g/mol. The number of benzene rings is 2. The molecule has 0 aliphatic rings. The van der Waals surface area contributed by atoms with E-state index in [4.69, 9.17) is 11.6 Å². The number of carboxylic acids is 1. The van der Waals surface area contributed by atoms with E-state index < -0.39 is 30.2 Å². The predicted octanol–water partition coefficient (Wildman–Crippen LogP) is 2.09. The van der Waals surface area contributed by atoms with Gasteiger partial charge in [0.2, 0.25) is 0 Å². The van der Waals surface area contributed by atoms with Gasteiger partial charge in [-0.15, -0.1) is 0 Å². The van der Waals surface area contributed by atoms with Crippen molar-refractivity contribution in [2.75, 3.05) is 0 Å². The van der Waals surface area contributed by atoms with Crippen molar-refractivity contribution in [1.82, 2.24) is 5.32 Å². The van der Waals surface area contributed by atoms with Crippen LogP contribution in [0.4, 0.5) is 4.39 Å². The molecule has 2 rings (SSSR count). The van der Waals surface area contributed by atoms with E-state index in [1.807, 2.05) is 0 Å². The number of aliphatic carboxylic acids is 1. The Kier molecular flexibility index (Phi) is 5.12. The lowest BCUT2D eigenvalue weighted by molar-refractivity contribution is -0.306. The molecule has 0 unspecified atom stereocenters. The standard InChI is InChI=1S/C16H13ClFNO3/c17-11-7-5-10(6-8-11)14(9-15(20)21)19-16(22)12-3-1-2-4-13(12)18/h1-8,14H,9H2,(H,19,22)(H,20,21)/p-1/t14-/m0/s1. The zero-order chi connectivity index (χ0) is 16.1. The van der Waals surface area contributed by atoms with Crippen molar-refractivity contribution < 1.29 is 19.1 Å². The molecule has 0 aromatic heterocycles. The van der Waals surface area contributed by atoms with Gasteiger partial charge in [-0.2, -0.15) is 0 Å². The molecule has 0 fully saturated rings. The summed E-state index contributed by atoms with van der Waals surface area (Å²) >= 11 is 5.78. The van der Waals surface area contributed by atoms with Crippen LogP contribution in [0, 0.1) is 5.82 Å². The van der Waals surface area contributed by atoms with Crippen LogP contribution >= 0.6 is 11.6 Å². The summed E-state index contributed by atoms with van der Waals surface area (Å²) in [6, 6.07) is 11.0. The predicted molar refractivity (Wildman–Crippen MR) is 77.7 cm³/mol. The molecule has 22 heavy (non-hydrogen) atoms. The van der Waals surface area contributed by atoms with Gasteiger partial charge in [0.25, 0.3) is 5.91 Å². The maximum Gasteiger partial charge on any atom is 0.254 e. The zero-order valence-corrected chi connectivity index (χ0v) is 12.1. The Hall–Kier alpha value is -2.40. The Morgan fingerprint density at radius 3 is 2.36 bits per heavy atom. The summed E-state index contributed by atoms with van der Waals surface area (Å²) in [7, 11) is 0. The van der Waals surface area contributed by atoms with E-state index in [1.54, 1.807) is 24.3 Å². The van der Waals surface area contributed by atoms with Crippen LogP contribution in [0.1, 0.15) is 28.4 Å². The lowest BCUT2D eigenvalue weighted by Crippen LogP contribution is -2.34. The molecular weight excluding hydrogens is 309 g/mol. The fourth-order valence-electron chi connectivity index (χ4n) is 2.00. The van der Waals surface area contributed by atoms with Crippen LogP contribution in [0.2, 0.25) is 5.02 Å². The van der Waals surface area contributed by atoms with Gasteiger partial charge in [0.15, 0.2) is 0 Å². The van der Waals surface area contributed by atoms with E-state index in [0.29, 0.717) is 10.6 Å². The summed E-state index contributed by atoms with van der Waals surface area (Å²) in [6.07, 6.45) is -0.429. The summed E-state index contributed by atoms with van der Waals surface area (Å²) in [5, 5.41) is 13.9. The molecule has 1 amide bonds. The smallest absolute Gasteiger partial charge is 0.254 e. The van der Waals surface area contributed by atoms with Crippen LogP contribution in [-0.2, 0) is 4.79 Å². The van der Waals surface area contributed by atoms with Crippen molar-refractivity contribution in [2.45, 2.75) is 12.5 Å². The number of amides is 1. The average Bonchev–Trinajstić information content (AvgIpc) is 2.47. The number of hydrogen-bond donors (Lipinski definition) is 1. The normalized spacial score (nSPS) is 11.7. The van der Waals surface area contributed by atoms with E-state index >= 15 is 0 Å². The van der Waals surface area contributed by atoms with Gasteiger partial charge in [0.05, 0.1) is 11.6 Å². The number of hydrogen-bond acceptors (Lipinski definition) is 3. The lowest BCUT2D eigenvalue weighted by atomic mass is 10.0. The molecule has 0 heterocycles. The van der Waals surface area contributed by atoms with E-state index in [2.05, 4.69) is 5.32 Å². The number of nitrogens with one attached hydrogen (secondary N) is 1. The summed E-state index contributed by atoms with van der Waals surface area (Å²) in [6.45, 7) is 0. The van der Waals surface area contributed by atoms with E-state index in [9.17, 15) is 19.1 Å². The van der Waals surface area contributed by atoms with Gasteiger partial charge in [-0.25, -0.2) is 4.39 Å². The van der Waals surface area contributed by atoms with Gasteiger partial charge in [-0.05, 0) is 29.8 Å². The van der Waals surface area contributed by atoms with Crippen LogP contribution in [0.25, 0.3) is 0 Å². The number of carbonyl (C=O) groups is 2. The van der Waals surface area contributed by atoms with Gasteiger partial charge in [0, 0.05) is 17.4 Å². The second-order valence-electron chi connectivity index (χ2n) is 4.63. The highest BCUT2D eigenvalue weighted by atomic mass is 35.5. The summed E-state index contributed by atoms with van der Waals surface area (Å²) in [5.41, 5.74) is 0.387. The second-order valence-corrected chi connectivity index (χ2v) is 5.07. The largest absolute Gasteiger partial charge is 0.550 e. The molecule has 4 nitrogen and oxygen atoms in total. The van der Waals surface area contributed by atoms with Crippen LogP contribution in [0.5, 0.6) is 0 Å². The van der Waals surface area contributed by atoms with Crippen LogP contribution in [-0.4, -0.2) is 11.9 Å².